The van der Waals surface area contributed by atoms with E-state index in [4.69, 9.17) is 20.3 Å². The number of fused-ring (bicyclic) bond motifs is 1. The number of hydrogen-bond acceptors (Lipinski definition) is 5. The van der Waals surface area contributed by atoms with E-state index in [2.05, 4.69) is 160 Å². The summed E-state index contributed by atoms with van der Waals surface area (Å²) >= 11 is 3.69. The monoisotopic (exact) mass is 743 g/mol. The molecule has 0 N–H and O–H groups in total. The molecule has 8 rings (SSSR count). The van der Waals surface area contributed by atoms with E-state index in [9.17, 15) is 0 Å². The Hall–Kier alpha value is -5.73. The van der Waals surface area contributed by atoms with Crippen LogP contribution in [0.2, 0.25) is 0 Å². The topological polar surface area (TPSA) is 74.3 Å². The third-order valence-electron chi connectivity index (χ3n) is 9.84. The lowest BCUT2D eigenvalue weighted by atomic mass is 9.77. The third-order valence-corrected chi connectivity index (χ3v) is 10.6. The Bertz CT molecular complexity index is 2340. The Labute approximate surface area is 312 Å². The highest BCUT2D eigenvalue weighted by atomic mass is 79.9. The number of hydrogen-bond donors (Lipinski definition) is 0. The number of pyridine rings is 1. The van der Waals surface area contributed by atoms with E-state index >= 15 is 0 Å². The molecule has 7 nitrogen and oxygen atoms in total. The van der Waals surface area contributed by atoms with E-state index in [1.165, 1.54) is 5.56 Å². The first-order valence-corrected chi connectivity index (χ1v) is 18.5. The quantitative estimate of drug-likeness (QED) is 0.123. The Morgan fingerprint density at radius 3 is 1.85 bits per heavy atom. The lowest BCUT2D eigenvalue weighted by Crippen LogP contribution is -2.39. The largest absolute Gasteiger partial charge is 0.322 e. The van der Waals surface area contributed by atoms with Gasteiger partial charge in [-0.1, -0.05) is 153 Å². The van der Waals surface area contributed by atoms with Crippen LogP contribution in [-0.4, -0.2) is 34.7 Å². The zero-order valence-corrected chi connectivity index (χ0v) is 30.8. The van der Waals surface area contributed by atoms with Gasteiger partial charge in [0.05, 0.1) is 11.2 Å². The maximum atomic E-state index is 4.96. The molecule has 8 heteroatoms. The second-order valence-corrected chi connectivity index (χ2v) is 13.9. The van der Waals surface area contributed by atoms with Crippen molar-refractivity contribution in [2.45, 2.75) is 45.2 Å². The molecular weight excluding hydrogens is 706 g/mol. The molecule has 3 aromatic heterocycles. The minimum Gasteiger partial charge on any atom is -0.322 e. The summed E-state index contributed by atoms with van der Waals surface area (Å²) in [6, 6.07) is 50.9. The number of nitrogens with zero attached hydrogens (tertiary/aromatic N) is 7. The van der Waals surface area contributed by atoms with Crippen molar-refractivity contribution in [3.63, 3.8) is 0 Å². The van der Waals surface area contributed by atoms with Gasteiger partial charge in [0.2, 0.25) is 0 Å². The van der Waals surface area contributed by atoms with E-state index < -0.39 is 5.54 Å². The highest BCUT2D eigenvalue weighted by Crippen LogP contribution is 2.43. The van der Waals surface area contributed by atoms with Crippen LogP contribution in [0.15, 0.2) is 150 Å². The molecule has 52 heavy (non-hydrogen) atoms. The molecule has 0 spiro atoms. The fourth-order valence-electron chi connectivity index (χ4n) is 7.25. The Morgan fingerprint density at radius 2 is 1.25 bits per heavy atom. The standard InChI is InChI=1S/C44H38BrN7/c1-3-4-24-41-47-42-40(29-39(45)31(2)46-42)51(41)30-32-25-27-33(28-26-32)37-22-14-15-23-38(37)43-48-49-50-52(43)44(34-16-8-5-9-17-34,35-18-10-6-11-19-35)36-20-12-7-13-21-36/h5-23,25-29H,3-4,24,30H2,1-2H3. The van der Waals surface area contributed by atoms with E-state index in [1.807, 2.05) is 29.8 Å². The summed E-state index contributed by atoms with van der Waals surface area (Å²) in [7, 11) is 0. The van der Waals surface area contributed by atoms with Crippen LogP contribution in [0.3, 0.4) is 0 Å². The van der Waals surface area contributed by atoms with E-state index in [1.54, 1.807) is 0 Å². The van der Waals surface area contributed by atoms with Crippen LogP contribution < -0.4 is 0 Å². The summed E-state index contributed by atoms with van der Waals surface area (Å²) in [6.45, 7) is 4.93. The Balaban J connectivity index is 1.23. The molecule has 0 fully saturated rings. The Morgan fingerprint density at radius 1 is 0.673 bits per heavy atom. The van der Waals surface area contributed by atoms with Crippen LogP contribution >= 0.6 is 15.9 Å². The van der Waals surface area contributed by atoms with Gasteiger partial charge in [0.15, 0.2) is 11.5 Å². The first-order valence-electron chi connectivity index (χ1n) is 17.7. The predicted molar refractivity (Wildman–Crippen MR) is 211 cm³/mol. The zero-order valence-electron chi connectivity index (χ0n) is 29.2. The summed E-state index contributed by atoms with van der Waals surface area (Å²) in [6.07, 6.45) is 3.11. The molecule has 0 atom stereocenters. The lowest BCUT2D eigenvalue weighted by molar-refractivity contribution is 0.451. The molecule has 0 aliphatic carbocycles. The minimum atomic E-state index is -0.842. The summed E-state index contributed by atoms with van der Waals surface area (Å²) in [4.78, 5) is 9.74. The molecule has 0 bridgehead atoms. The average Bonchev–Trinajstić information content (AvgIpc) is 3.81. The Kier molecular flexibility index (Phi) is 9.31. The van der Waals surface area contributed by atoms with Crippen molar-refractivity contribution in [2.24, 2.45) is 0 Å². The zero-order chi connectivity index (χ0) is 35.5. The van der Waals surface area contributed by atoms with Gasteiger partial charge in [-0.3, -0.25) is 0 Å². The van der Waals surface area contributed by atoms with Crippen molar-refractivity contribution in [3.05, 3.63) is 184 Å². The first kappa shape index (κ1) is 33.4. The van der Waals surface area contributed by atoms with Crippen molar-refractivity contribution in [1.29, 1.82) is 0 Å². The highest BCUT2D eigenvalue weighted by molar-refractivity contribution is 9.10. The van der Waals surface area contributed by atoms with Gasteiger partial charge in [-0.05, 0) is 79.1 Å². The van der Waals surface area contributed by atoms with E-state index in [0.29, 0.717) is 12.4 Å². The average molecular weight is 745 g/mol. The highest BCUT2D eigenvalue weighted by Gasteiger charge is 2.42. The first-order chi connectivity index (χ1) is 25.6. The summed E-state index contributed by atoms with van der Waals surface area (Å²) in [5.41, 5.74) is 9.40. The number of halogens is 1. The summed E-state index contributed by atoms with van der Waals surface area (Å²) in [5, 5.41) is 13.9. The van der Waals surface area contributed by atoms with Crippen LogP contribution in [-0.2, 0) is 18.5 Å². The number of tetrazole rings is 1. The van der Waals surface area contributed by atoms with Crippen molar-refractivity contribution in [1.82, 2.24) is 34.7 Å². The molecule has 0 aliphatic rings. The van der Waals surface area contributed by atoms with Gasteiger partial charge in [0.1, 0.15) is 11.4 Å². The van der Waals surface area contributed by atoms with E-state index in [-0.39, 0.29) is 0 Å². The van der Waals surface area contributed by atoms with Gasteiger partial charge in [-0.2, -0.15) is 0 Å². The number of benzene rings is 5. The molecule has 256 valence electrons. The van der Waals surface area contributed by atoms with Crippen LogP contribution in [0.1, 0.15) is 53.5 Å². The molecule has 8 aromatic rings. The van der Waals surface area contributed by atoms with Crippen LogP contribution in [0, 0.1) is 6.92 Å². The lowest BCUT2D eigenvalue weighted by Gasteiger charge is -2.36. The van der Waals surface area contributed by atoms with Crippen molar-refractivity contribution < 1.29 is 0 Å². The predicted octanol–water partition coefficient (Wildman–Crippen LogP) is 10.1. The number of aromatic nitrogens is 7. The normalized spacial score (nSPS) is 11.7. The van der Waals surface area contributed by atoms with Crippen LogP contribution in [0.4, 0.5) is 0 Å². The molecule has 0 radical (unpaired) electrons. The van der Waals surface area contributed by atoms with Gasteiger partial charge < -0.3 is 4.57 Å². The molecule has 0 saturated carbocycles. The molecule has 0 saturated heterocycles. The number of imidazole rings is 1. The molecule has 0 unspecified atom stereocenters. The fourth-order valence-corrected chi connectivity index (χ4v) is 7.56. The SMILES string of the molecule is CCCCc1nc2nc(C)c(Br)cc2n1Cc1ccc(-c2ccccc2-c2nnnn2C(c2ccccc2)(c2ccccc2)c2ccccc2)cc1. The summed E-state index contributed by atoms with van der Waals surface area (Å²) < 4.78 is 5.30. The smallest absolute Gasteiger partial charge is 0.184 e. The molecule has 3 heterocycles. The second-order valence-electron chi connectivity index (χ2n) is 13.1. The summed E-state index contributed by atoms with van der Waals surface area (Å²) in [5.74, 6) is 1.75. The van der Waals surface area contributed by atoms with E-state index in [0.717, 1.165) is 79.8 Å². The number of unbranched alkanes of at least 4 members (excludes halogenated alkanes) is 1. The van der Waals surface area contributed by atoms with Gasteiger partial charge in [-0.15, -0.1) is 5.10 Å². The fraction of sp³-hybridized carbons (Fsp3) is 0.159. The maximum absolute atomic E-state index is 4.96. The number of aryl methyl sites for hydroxylation is 2. The molecular formula is C44H38BrN7. The van der Waals surface area contributed by atoms with Crippen molar-refractivity contribution in [2.75, 3.05) is 0 Å². The molecule has 0 amide bonds. The molecule has 5 aromatic carbocycles. The van der Waals surface area contributed by atoms with Gasteiger partial charge in [-0.25, -0.2) is 14.6 Å². The van der Waals surface area contributed by atoms with Crippen molar-refractivity contribution >= 4 is 27.1 Å². The van der Waals surface area contributed by atoms with Gasteiger partial charge in [0.25, 0.3) is 0 Å². The minimum absolute atomic E-state index is 0.676. The van der Waals surface area contributed by atoms with Crippen molar-refractivity contribution in [3.8, 4) is 22.5 Å². The van der Waals surface area contributed by atoms with Crippen LogP contribution in [0.5, 0.6) is 0 Å². The van der Waals surface area contributed by atoms with Gasteiger partial charge in [0, 0.05) is 23.0 Å². The maximum Gasteiger partial charge on any atom is 0.184 e. The van der Waals surface area contributed by atoms with Crippen LogP contribution in [0.25, 0.3) is 33.7 Å². The number of rotatable bonds is 11. The van der Waals surface area contributed by atoms with Gasteiger partial charge >= 0.3 is 0 Å². The second kappa shape index (κ2) is 14.5. The third kappa shape index (κ3) is 6.03. The molecule has 0 aliphatic heterocycles.